The van der Waals surface area contributed by atoms with Gasteiger partial charge in [-0.1, -0.05) is 0 Å². The van der Waals surface area contributed by atoms with E-state index in [9.17, 15) is 13.2 Å². The van der Waals surface area contributed by atoms with Gasteiger partial charge in [0.2, 0.25) is 0 Å². The number of aromatic nitrogens is 2. The lowest BCUT2D eigenvalue weighted by molar-refractivity contribution is -0.116. The molecule has 0 fully saturated rings. The molecule has 0 unspecified atom stereocenters. The number of rotatable bonds is 6. The van der Waals surface area contributed by atoms with Crippen molar-refractivity contribution in [3.05, 3.63) is 42.0 Å². The fraction of sp³-hybridized carbons (Fsp3) is 0.267. The van der Waals surface area contributed by atoms with Crippen molar-refractivity contribution in [2.24, 2.45) is 0 Å². The van der Waals surface area contributed by atoms with Crippen molar-refractivity contribution in [1.82, 2.24) is 14.7 Å². The summed E-state index contributed by atoms with van der Waals surface area (Å²) in [6.07, 6.45) is 3.52. The number of nitrogens with zero attached hydrogens (tertiary/aromatic N) is 2. The Balaban J connectivity index is 2.39. The quantitative estimate of drug-likeness (QED) is 0.833. The molecule has 7 nitrogen and oxygen atoms in total. The van der Waals surface area contributed by atoms with Crippen molar-refractivity contribution in [3.8, 4) is 11.1 Å². The Bertz CT molecular complexity index is 834. The molecule has 0 aliphatic heterocycles. The van der Waals surface area contributed by atoms with Crippen molar-refractivity contribution >= 4 is 21.7 Å². The lowest BCUT2D eigenvalue weighted by Gasteiger charge is -2.11. The number of carbonyl (C=O) groups is 1. The minimum atomic E-state index is -3.62. The Hall–Kier alpha value is -2.32. The Morgan fingerprint density at radius 3 is 2.61 bits per heavy atom. The Kier molecular flexibility index (Phi) is 5.07. The maximum atomic E-state index is 11.6. The van der Waals surface area contributed by atoms with E-state index in [1.54, 1.807) is 37.5 Å². The summed E-state index contributed by atoms with van der Waals surface area (Å²) in [7, 11) is -2.29. The first kappa shape index (κ1) is 17.0. The second kappa shape index (κ2) is 6.84. The van der Waals surface area contributed by atoms with Crippen molar-refractivity contribution in [2.75, 3.05) is 11.8 Å². The summed E-state index contributed by atoms with van der Waals surface area (Å²) >= 11 is 0. The first-order chi connectivity index (χ1) is 10.8. The average molecular weight is 334 g/mol. The maximum absolute atomic E-state index is 11.6. The normalized spacial score (nSPS) is 11.3. The first-order valence-corrected chi connectivity index (χ1v) is 8.41. The van der Waals surface area contributed by atoms with Crippen molar-refractivity contribution in [2.45, 2.75) is 20.3 Å². The number of carbonyl (C=O) groups excluding carboxylic acids is 1. The van der Waals surface area contributed by atoms with Gasteiger partial charge in [0.05, 0.1) is 11.4 Å². The van der Waals surface area contributed by atoms with Gasteiger partial charge in [-0.3, -0.25) is 19.5 Å². The minimum Gasteiger partial charge on any atom is -0.300 e. The molecule has 2 rings (SSSR count). The smallest absolute Gasteiger partial charge is 0.298 e. The third-order valence-corrected chi connectivity index (χ3v) is 4.21. The standard InChI is InChI=1S/C15H18N4O3S/c1-10(20)6-14-7-12(4-5-17-14)13-8-15(11(2)18-9-13)19-23(21,22)16-3/h4-5,7-9,16,19H,6H2,1-3H3. The molecule has 0 saturated carbocycles. The first-order valence-electron chi connectivity index (χ1n) is 6.93. The van der Waals surface area contributed by atoms with Gasteiger partial charge in [-0.15, -0.1) is 0 Å². The summed E-state index contributed by atoms with van der Waals surface area (Å²) in [5, 5.41) is 0. The summed E-state index contributed by atoms with van der Waals surface area (Å²) < 4.78 is 27.9. The van der Waals surface area contributed by atoms with Crippen molar-refractivity contribution in [1.29, 1.82) is 0 Å². The molecule has 8 heteroatoms. The second-order valence-corrected chi connectivity index (χ2v) is 6.70. The Morgan fingerprint density at radius 2 is 1.96 bits per heavy atom. The van der Waals surface area contributed by atoms with Gasteiger partial charge in [-0.25, -0.2) is 4.72 Å². The van der Waals surface area contributed by atoms with Gasteiger partial charge in [0, 0.05) is 37.1 Å². The third kappa shape index (κ3) is 4.57. The highest BCUT2D eigenvalue weighted by molar-refractivity contribution is 7.90. The van der Waals surface area contributed by atoms with Crippen LogP contribution in [0.5, 0.6) is 0 Å². The molecule has 122 valence electrons. The van der Waals surface area contributed by atoms with Gasteiger partial charge in [-0.2, -0.15) is 8.42 Å². The summed E-state index contributed by atoms with van der Waals surface area (Å²) in [6, 6.07) is 5.28. The largest absolute Gasteiger partial charge is 0.300 e. The molecule has 2 heterocycles. The van der Waals surface area contributed by atoms with Gasteiger partial charge in [0.1, 0.15) is 5.78 Å². The Labute approximate surface area is 135 Å². The highest BCUT2D eigenvalue weighted by atomic mass is 32.2. The monoisotopic (exact) mass is 334 g/mol. The van der Waals surface area contributed by atoms with E-state index in [0.29, 0.717) is 17.1 Å². The molecule has 0 bridgehead atoms. The van der Waals surface area contributed by atoms with Crippen LogP contribution in [0.3, 0.4) is 0 Å². The lowest BCUT2D eigenvalue weighted by Crippen LogP contribution is -2.26. The van der Waals surface area contributed by atoms with Gasteiger partial charge >= 0.3 is 0 Å². The lowest BCUT2D eigenvalue weighted by atomic mass is 10.1. The number of nitrogens with one attached hydrogen (secondary N) is 2. The molecule has 0 atom stereocenters. The molecular weight excluding hydrogens is 316 g/mol. The number of Topliss-reactive ketones (excluding diaryl/α,β-unsaturated/α-hetero) is 1. The highest BCUT2D eigenvalue weighted by Crippen LogP contribution is 2.24. The fourth-order valence-corrected chi connectivity index (χ4v) is 2.60. The number of ketones is 1. The molecule has 2 N–H and O–H groups in total. The zero-order valence-electron chi connectivity index (χ0n) is 13.1. The molecule has 0 spiro atoms. The summed E-state index contributed by atoms with van der Waals surface area (Å²) in [5.74, 6) is 0.0270. The van der Waals surface area contributed by atoms with Crippen LogP contribution >= 0.6 is 0 Å². The van der Waals surface area contributed by atoms with Crippen LogP contribution in [0, 0.1) is 6.92 Å². The van der Waals surface area contributed by atoms with E-state index in [2.05, 4.69) is 19.4 Å². The topological polar surface area (TPSA) is 101 Å². The molecule has 23 heavy (non-hydrogen) atoms. The zero-order chi connectivity index (χ0) is 17.0. The fourth-order valence-electron chi connectivity index (χ4n) is 2.00. The average Bonchev–Trinajstić information content (AvgIpc) is 2.49. The van der Waals surface area contributed by atoms with Gasteiger partial charge in [0.25, 0.3) is 10.2 Å². The van der Waals surface area contributed by atoms with E-state index in [1.165, 1.54) is 14.0 Å². The summed E-state index contributed by atoms with van der Waals surface area (Å²) in [4.78, 5) is 19.6. The number of anilines is 1. The molecule has 0 aromatic carbocycles. The molecule has 0 amide bonds. The summed E-state index contributed by atoms with van der Waals surface area (Å²) in [5.41, 5.74) is 3.16. The van der Waals surface area contributed by atoms with E-state index in [1.807, 2.05) is 0 Å². The molecule has 0 aliphatic carbocycles. The van der Waals surface area contributed by atoms with Crippen LogP contribution in [0.15, 0.2) is 30.6 Å². The molecular formula is C15H18N4O3S. The zero-order valence-corrected chi connectivity index (χ0v) is 13.9. The number of hydrogen-bond donors (Lipinski definition) is 2. The number of pyridine rings is 2. The molecule has 2 aromatic heterocycles. The SMILES string of the molecule is CNS(=O)(=O)Nc1cc(-c2ccnc(CC(C)=O)c2)cnc1C. The van der Waals surface area contributed by atoms with Gasteiger partial charge in [-0.05, 0) is 37.6 Å². The van der Waals surface area contributed by atoms with E-state index in [4.69, 9.17) is 0 Å². The molecule has 2 aromatic rings. The molecule has 0 saturated heterocycles. The predicted molar refractivity (Wildman–Crippen MR) is 88.2 cm³/mol. The van der Waals surface area contributed by atoms with E-state index < -0.39 is 10.2 Å². The Morgan fingerprint density at radius 1 is 1.22 bits per heavy atom. The van der Waals surface area contributed by atoms with Crippen molar-refractivity contribution < 1.29 is 13.2 Å². The maximum Gasteiger partial charge on any atom is 0.298 e. The van der Waals surface area contributed by atoms with Crippen LogP contribution < -0.4 is 9.44 Å². The van der Waals surface area contributed by atoms with Crippen LogP contribution in [-0.4, -0.2) is 31.2 Å². The van der Waals surface area contributed by atoms with Crippen LogP contribution in [-0.2, 0) is 21.4 Å². The van der Waals surface area contributed by atoms with Gasteiger partial charge in [0.15, 0.2) is 0 Å². The van der Waals surface area contributed by atoms with E-state index >= 15 is 0 Å². The molecule has 0 radical (unpaired) electrons. The van der Waals surface area contributed by atoms with Crippen LogP contribution in [0.2, 0.25) is 0 Å². The minimum absolute atomic E-state index is 0.0270. The van der Waals surface area contributed by atoms with Crippen LogP contribution in [0.1, 0.15) is 18.3 Å². The van der Waals surface area contributed by atoms with E-state index in [0.717, 1.165) is 11.1 Å². The third-order valence-electron chi connectivity index (χ3n) is 3.18. The number of aryl methyl sites for hydroxylation is 1. The number of hydrogen-bond acceptors (Lipinski definition) is 5. The highest BCUT2D eigenvalue weighted by Gasteiger charge is 2.11. The van der Waals surface area contributed by atoms with Crippen LogP contribution in [0.4, 0.5) is 5.69 Å². The summed E-state index contributed by atoms with van der Waals surface area (Å²) in [6.45, 7) is 3.22. The predicted octanol–water partition coefficient (Wildman–Crippen LogP) is 1.46. The molecule has 0 aliphatic rings. The van der Waals surface area contributed by atoms with Crippen molar-refractivity contribution in [3.63, 3.8) is 0 Å². The van der Waals surface area contributed by atoms with Gasteiger partial charge < -0.3 is 0 Å². The van der Waals surface area contributed by atoms with Crippen LogP contribution in [0.25, 0.3) is 11.1 Å². The van der Waals surface area contributed by atoms with E-state index in [-0.39, 0.29) is 12.2 Å². The second-order valence-electron chi connectivity index (χ2n) is 5.08.